The SMILES string of the molecule is Cc1ccc(NC(=O)c2nccnc2N)c(OCC2CCCO2)c1. The molecule has 0 bridgehead atoms. The summed E-state index contributed by atoms with van der Waals surface area (Å²) in [6, 6.07) is 5.57. The minimum absolute atomic E-state index is 0.0863. The Labute approximate surface area is 140 Å². The Morgan fingerprint density at radius 2 is 2.25 bits per heavy atom. The van der Waals surface area contributed by atoms with Crippen LogP contribution >= 0.6 is 0 Å². The molecular formula is C17H20N4O3. The highest BCUT2D eigenvalue weighted by atomic mass is 16.5. The summed E-state index contributed by atoms with van der Waals surface area (Å²) in [5.41, 5.74) is 7.38. The van der Waals surface area contributed by atoms with Gasteiger partial charge in [-0.3, -0.25) is 4.79 Å². The van der Waals surface area contributed by atoms with E-state index in [1.165, 1.54) is 12.4 Å². The van der Waals surface area contributed by atoms with Gasteiger partial charge in [-0.25, -0.2) is 9.97 Å². The van der Waals surface area contributed by atoms with Crippen LogP contribution in [0.15, 0.2) is 30.6 Å². The van der Waals surface area contributed by atoms with E-state index in [2.05, 4.69) is 15.3 Å². The molecule has 0 radical (unpaired) electrons. The van der Waals surface area contributed by atoms with Gasteiger partial charge in [0.05, 0.1) is 11.8 Å². The van der Waals surface area contributed by atoms with Crippen molar-refractivity contribution < 1.29 is 14.3 Å². The summed E-state index contributed by atoms with van der Waals surface area (Å²) in [6.07, 6.45) is 5.01. The molecule has 1 unspecified atom stereocenters. The molecule has 3 N–H and O–H groups in total. The molecule has 7 heteroatoms. The van der Waals surface area contributed by atoms with Crippen molar-refractivity contribution in [2.45, 2.75) is 25.9 Å². The zero-order chi connectivity index (χ0) is 16.9. The summed E-state index contributed by atoms with van der Waals surface area (Å²) in [5, 5.41) is 2.78. The monoisotopic (exact) mass is 328 g/mol. The highest BCUT2D eigenvalue weighted by Gasteiger charge is 2.18. The van der Waals surface area contributed by atoms with E-state index in [1.807, 2.05) is 19.1 Å². The minimum Gasteiger partial charge on any atom is -0.489 e. The second-order valence-corrected chi connectivity index (χ2v) is 5.69. The van der Waals surface area contributed by atoms with E-state index in [-0.39, 0.29) is 17.6 Å². The molecule has 3 rings (SSSR count). The number of aryl methyl sites for hydroxylation is 1. The number of nitrogen functional groups attached to an aromatic ring is 1. The molecule has 7 nitrogen and oxygen atoms in total. The second-order valence-electron chi connectivity index (χ2n) is 5.69. The maximum atomic E-state index is 12.4. The topological polar surface area (TPSA) is 99.4 Å². The van der Waals surface area contributed by atoms with Gasteiger partial charge in [-0.1, -0.05) is 6.07 Å². The van der Waals surface area contributed by atoms with E-state index in [9.17, 15) is 4.79 Å². The predicted octanol–water partition coefficient (Wildman–Crippen LogP) is 2.18. The van der Waals surface area contributed by atoms with Gasteiger partial charge in [0.15, 0.2) is 11.5 Å². The Kier molecular flexibility index (Phi) is 4.90. The molecule has 0 saturated carbocycles. The summed E-state index contributed by atoms with van der Waals surface area (Å²) < 4.78 is 11.4. The van der Waals surface area contributed by atoms with Crippen LogP contribution in [-0.2, 0) is 4.74 Å². The first kappa shape index (κ1) is 16.2. The number of hydrogen-bond donors (Lipinski definition) is 2. The van der Waals surface area contributed by atoms with Crippen molar-refractivity contribution in [2.24, 2.45) is 0 Å². The first-order chi connectivity index (χ1) is 11.6. The number of aromatic nitrogens is 2. The first-order valence-electron chi connectivity index (χ1n) is 7.86. The average molecular weight is 328 g/mol. The number of ether oxygens (including phenoxy) is 2. The fourth-order valence-corrected chi connectivity index (χ4v) is 2.52. The smallest absolute Gasteiger partial charge is 0.278 e. The van der Waals surface area contributed by atoms with Crippen molar-refractivity contribution >= 4 is 17.4 Å². The predicted molar refractivity (Wildman–Crippen MR) is 90.0 cm³/mol. The van der Waals surface area contributed by atoms with Crippen LogP contribution in [-0.4, -0.2) is 35.2 Å². The van der Waals surface area contributed by atoms with Gasteiger partial charge in [-0.15, -0.1) is 0 Å². The lowest BCUT2D eigenvalue weighted by atomic mass is 10.2. The largest absolute Gasteiger partial charge is 0.489 e. The minimum atomic E-state index is -0.425. The van der Waals surface area contributed by atoms with Crippen molar-refractivity contribution in [3.8, 4) is 5.75 Å². The second kappa shape index (κ2) is 7.27. The molecule has 1 atom stereocenters. The summed E-state index contributed by atoms with van der Waals surface area (Å²) in [5.74, 6) is 0.261. The lowest BCUT2D eigenvalue weighted by molar-refractivity contribution is 0.0681. The molecule has 1 aromatic carbocycles. The van der Waals surface area contributed by atoms with Gasteiger partial charge in [-0.2, -0.15) is 0 Å². The van der Waals surface area contributed by atoms with Crippen molar-refractivity contribution in [1.82, 2.24) is 9.97 Å². The van der Waals surface area contributed by atoms with E-state index >= 15 is 0 Å². The van der Waals surface area contributed by atoms with Gasteiger partial charge in [0.25, 0.3) is 5.91 Å². The number of hydrogen-bond acceptors (Lipinski definition) is 6. The van der Waals surface area contributed by atoms with Crippen LogP contribution < -0.4 is 15.8 Å². The molecule has 126 valence electrons. The Bertz CT molecular complexity index is 730. The van der Waals surface area contributed by atoms with Crippen molar-refractivity contribution in [2.75, 3.05) is 24.3 Å². The summed E-state index contributed by atoms with van der Waals surface area (Å²) in [4.78, 5) is 20.2. The number of nitrogens with zero attached hydrogens (tertiary/aromatic N) is 2. The maximum Gasteiger partial charge on any atom is 0.278 e. The van der Waals surface area contributed by atoms with Gasteiger partial charge in [-0.05, 0) is 37.5 Å². The summed E-state index contributed by atoms with van der Waals surface area (Å²) in [7, 11) is 0. The van der Waals surface area contributed by atoms with Crippen LogP contribution in [0, 0.1) is 6.92 Å². The van der Waals surface area contributed by atoms with Gasteiger partial charge < -0.3 is 20.5 Å². The molecule has 24 heavy (non-hydrogen) atoms. The van der Waals surface area contributed by atoms with Crippen LogP contribution in [0.2, 0.25) is 0 Å². The number of benzene rings is 1. The number of nitrogens with two attached hydrogens (primary N) is 1. The molecule has 1 saturated heterocycles. The van der Waals surface area contributed by atoms with Crippen LogP contribution in [0.5, 0.6) is 5.75 Å². The fourth-order valence-electron chi connectivity index (χ4n) is 2.52. The highest BCUT2D eigenvalue weighted by Crippen LogP contribution is 2.27. The standard InChI is InChI=1S/C17H20N4O3/c1-11-4-5-13(14(9-11)24-10-12-3-2-8-23-12)21-17(22)15-16(18)20-7-6-19-15/h4-7,9,12H,2-3,8,10H2,1H3,(H2,18,20)(H,21,22). The van der Waals surface area contributed by atoms with Crippen LogP contribution in [0.3, 0.4) is 0 Å². The Morgan fingerprint density at radius 1 is 1.42 bits per heavy atom. The third kappa shape index (κ3) is 3.80. The molecule has 1 aliphatic rings. The van der Waals surface area contributed by atoms with Gasteiger partial charge >= 0.3 is 0 Å². The number of carbonyl (C=O) groups excluding carboxylic acids is 1. The molecule has 0 aliphatic carbocycles. The van der Waals surface area contributed by atoms with E-state index in [0.717, 1.165) is 25.0 Å². The summed E-state index contributed by atoms with van der Waals surface area (Å²) >= 11 is 0. The Balaban J connectivity index is 1.74. The first-order valence-corrected chi connectivity index (χ1v) is 7.86. The van der Waals surface area contributed by atoms with E-state index < -0.39 is 5.91 Å². The van der Waals surface area contributed by atoms with Gasteiger partial charge in [0, 0.05) is 19.0 Å². The van der Waals surface area contributed by atoms with Crippen LogP contribution in [0.4, 0.5) is 11.5 Å². The van der Waals surface area contributed by atoms with Gasteiger partial charge in [0.1, 0.15) is 12.4 Å². The zero-order valence-corrected chi connectivity index (χ0v) is 13.5. The number of amides is 1. The van der Waals surface area contributed by atoms with E-state index in [1.54, 1.807) is 6.07 Å². The van der Waals surface area contributed by atoms with Crippen molar-refractivity contribution in [1.29, 1.82) is 0 Å². The molecule has 1 amide bonds. The third-order valence-corrected chi connectivity index (χ3v) is 3.78. The van der Waals surface area contributed by atoms with E-state index in [4.69, 9.17) is 15.2 Å². The van der Waals surface area contributed by atoms with Crippen LogP contribution in [0.1, 0.15) is 28.9 Å². The van der Waals surface area contributed by atoms with E-state index in [0.29, 0.717) is 18.0 Å². The highest BCUT2D eigenvalue weighted by molar-refractivity contribution is 6.06. The zero-order valence-electron chi connectivity index (χ0n) is 13.5. The lowest BCUT2D eigenvalue weighted by Gasteiger charge is -2.16. The number of anilines is 2. The molecule has 1 fully saturated rings. The number of nitrogens with one attached hydrogen (secondary N) is 1. The molecule has 2 aromatic rings. The average Bonchev–Trinajstić information content (AvgIpc) is 3.09. The normalized spacial score (nSPS) is 16.8. The number of rotatable bonds is 5. The number of carbonyl (C=O) groups is 1. The quantitative estimate of drug-likeness (QED) is 0.872. The van der Waals surface area contributed by atoms with Crippen molar-refractivity contribution in [3.05, 3.63) is 41.9 Å². The molecule has 2 heterocycles. The molecule has 0 spiro atoms. The Morgan fingerprint density at radius 3 is 3.00 bits per heavy atom. The molecule has 1 aromatic heterocycles. The lowest BCUT2D eigenvalue weighted by Crippen LogP contribution is -2.19. The Hall–Kier alpha value is -2.67. The maximum absolute atomic E-state index is 12.4. The third-order valence-electron chi connectivity index (χ3n) is 3.78. The molecular weight excluding hydrogens is 308 g/mol. The summed E-state index contributed by atoms with van der Waals surface area (Å²) in [6.45, 7) is 3.20. The van der Waals surface area contributed by atoms with Crippen LogP contribution in [0.25, 0.3) is 0 Å². The van der Waals surface area contributed by atoms with Gasteiger partial charge in [0.2, 0.25) is 0 Å². The fraction of sp³-hybridized carbons (Fsp3) is 0.353. The van der Waals surface area contributed by atoms with Crippen molar-refractivity contribution in [3.63, 3.8) is 0 Å². The molecule has 1 aliphatic heterocycles.